The van der Waals surface area contributed by atoms with Gasteiger partial charge in [0.15, 0.2) is 0 Å². The zero-order valence-electron chi connectivity index (χ0n) is 27.3. The summed E-state index contributed by atoms with van der Waals surface area (Å²) in [5.74, 6) is 1.25. The standard InChI is InChI=1S/C37H44N4O4/c1-24-32(26-13-9-8-10-14-26)40-33(38-24)31-22-27-15-11-12-16-28(27)23-41(31)34(42)30(39-35(43)45-37(5,6)7)21-25-17-19-29(20-18-25)44-36(2,3)4/h8-20,30-31H,21-23H2,1-7H3,(H,38,40)(H,39,43)/t30-,31-/m0/s1. The van der Waals surface area contributed by atoms with Gasteiger partial charge < -0.3 is 24.7 Å². The molecule has 0 aliphatic carbocycles. The summed E-state index contributed by atoms with van der Waals surface area (Å²) in [7, 11) is 0. The maximum atomic E-state index is 14.6. The number of rotatable bonds is 7. The van der Waals surface area contributed by atoms with Crippen LogP contribution in [0.1, 0.15) is 75.8 Å². The molecule has 4 aromatic rings. The molecule has 1 aliphatic rings. The van der Waals surface area contributed by atoms with Gasteiger partial charge in [-0.25, -0.2) is 9.78 Å². The number of aromatic amines is 1. The predicted octanol–water partition coefficient (Wildman–Crippen LogP) is 7.32. The molecule has 0 radical (unpaired) electrons. The number of aromatic nitrogens is 2. The third-order valence-corrected chi connectivity index (χ3v) is 7.57. The lowest BCUT2D eigenvalue weighted by Crippen LogP contribution is -2.52. The minimum atomic E-state index is -0.869. The first-order valence-electron chi connectivity index (χ1n) is 15.5. The number of ether oxygens (including phenoxy) is 2. The van der Waals surface area contributed by atoms with Crippen LogP contribution in [0.5, 0.6) is 5.75 Å². The number of nitrogens with one attached hydrogen (secondary N) is 2. The molecule has 0 saturated heterocycles. The second-order valence-corrected chi connectivity index (χ2v) is 13.7. The Bertz CT molecular complexity index is 1630. The summed E-state index contributed by atoms with van der Waals surface area (Å²) < 4.78 is 11.6. The molecule has 236 valence electrons. The Labute approximate surface area is 266 Å². The van der Waals surface area contributed by atoms with Gasteiger partial charge in [0.1, 0.15) is 28.8 Å². The molecule has 2 heterocycles. The van der Waals surface area contributed by atoms with Crippen LogP contribution in [0.25, 0.3) is 11.3 Å². The smallest absolute Gasteiger partial charge is 0.408 e. The maximum Gasteiger partial charge on any atom is 0.408 e. The highest BCUT2D eigenvalue weighted by molar-refractivity contribution is 5.86. The van der Waals surface area contributed by atoms with Crippen LogP contribution in [0.15, 0.2) is 78.9 Å². The van der Waals surface area contributed by atoms with Crippen molar-refractivity contribution in [3.8, 4) is 17.0 Å². The van der Waals surface area contributed by atoms with Crippen LogP contribution in [-0.2, 0) is 28.9 Å². The first-order chi connectivity index (χ1) is 21.3. The molecule has 0 saturated carbocycles. The molecule has 2 amide bonds. The van der Waals surface area contributed by atoms with Crippen molar-refractivity contribution in [2.24, 2.45) is 0 Å². The highest BCUT2D eigenvalue weighted by Gasteiger charge is 2.37. The molecule has 8 nitrogen and oxygen atoms in total. The summed E-state index contributed by atoms with van der Waals surface area (Å²) in [6, 6.07) is 24.6. The maximum absolute atomic E-state index is 14.6. The zero-order valence-corrected chi connectivity index (χ0v) is 27.3. The fraction of sp³-hybridized carbons (Fsp3) is 0.378. The first-order valence-corrected chi connectivity index (χ1v) is 15.5. The summed E-state index contributed by atoms with van der Waals surface area (Å²) in [5, 5.41) is 2.90. The number of fused-ring (bicyclic) bond motifs is 1. The molecular weight excluding hydrogens is 564 g/mol. The van der Waals surface area contributed by atoms with Crippen molar-refractivity contribution in [2.75, 3.05) is 0 Å². The van der Waals surface area contributed by atoms with Gasteiger partial charge in [0.2, 0.25) is 5.91 Å². The molecule has 0 bridgehead atoms. The topological polar surface area (TPSA) is 96.6 Å². The van der Waals surface area contributed by atoms with E-state index in [4.69, 9.17) is 14.5 Å². The number of hydrogen-bond acceptors (Lipinski definition) is 5. The van der Waals surface area contributed by atoms with Gasteiger partial charge in [0, 0.05) is 30.6 Å². The molecule has 8 heteroatoms. The van der Waals surface area contributed by atoms with E-state index >= 15 is 0 Å². The number of carbonyl (C=O) groups excluding carboxylic acids is 2. The van der Waals surface area contributed by atoms with Gasteiger partial charge in [-0.3, -0.25) is 4.79 Å². The molecule has 1 aromatic heterocycles. The molecule has 5 rings (SSSR count). The fourth-order valence-electron chi connectivity index (χ4n) is 5.65. The van der Waals surface area contributed by atoms with Crippen LogP contribution in [0.2, 0.25) is 0 Å². The van der Waals surface area contributed by atoms with Crippen molar-refractivity contribution in [1.29, 1.82) is 0 Å². The van der Waals surface area contributed by atoms with Crippen LogP contribution in [0.3, 0.4) is 0 Å². The second kappa shape index (κ2) is 12.8. The van der Waals surface area contributed by atoms with E-state index in [-0.39, 0.29) is 24.0 Å². The Morgan fingerprint density at radius 3 is 2.20 bits per heavy atom. The number of nitrogens with zero attached hydrogens (tertiary/aromatic N) is 2. The Morgan fingerprint density at radius 1 is 0.911 bits per heavy atom. The first kappa shape index (κ1) is 31.8. The minimum absolute atomic E-state index is 0.203. The molecular formula is C37H44N4O4. The SMILES string of the molecule is Cc1[nH]c([C@@H]2Cc3ccccc3CN2C(=O)[C@H](Cc2ccc(OC(C)(C)C)cc2)NC(=O)OC(C)(C)C)nc1-c1ccccc1. The minimum Gasteiger partial charge on any atom is -0.488 e. The molecule has 2 N–H and O–H groups in total. The molecule has 2 atom stereocenters. The summed E-state index contributed by atoms with van der Waals surface area (Å²) >= 11 is 0. The number of benzene rings is 3. The average molecular weight is 609 g/mol. The van der Waals surface area contributed by atoms with Crippen LogP contribution >= 0.6 is 0 Å². The predicted molar refractivity (Wildman–Crippen MR) is 176 cm³/mol. The van der Waals surface area contributed by atoms with Crippen molar-refractivity contribution < 1.29 is 19.1 Å². The van der Waals surface area contributed by atoms with E-state index in [0.29, 0.717) is 18.8 Å². The highest BCUT2D eigenvalue weighted by Crippen LogP contribution is 2.35. The molecule has 3 aromatic carbocycles. The summed E-state index contributed by atoms with van der Waals surface area (Å²) in [5.41, 5.74) is 4.90. The lowest BCUT2D eigenvalue weighted by molar-refractivity contribution is -0.137. The van der Waals surface area contributed by atoms with Crippen LogP contribution < -0.4 is 10.1 Å². The van der Waals surface area contributed by atoms with Crippen molar-refractivity contribution in [2.45, 2.75) is 91.1 Å². The highest BCUT2D eigenvalue weighted by atomic mass is 16.6. The van der Waals surface area contributed by atoms with Gasteiger partial charge in [0.25, 0.3) is 0 Å². The van der Waals surface area contributed by atoms with Crippen LogP contribution in [0.4, 0.5) is 4.79 Å². The summed E-state index contributed by atoms with van der Waals surface area (Å²) in [4.78, 5) is 38.0. The largest absolute Gasteiger partial charge is 0.488 e. The molecule has 0 fully saturated rings. The Kier molecular flexibility index (Phi) is 9.05. The third kappa shape index (κ3) is 8.12. The molecule has 45 heavy (non-hydrogen) atoms. The van der Waals surface area contributed by atoms with E-state index in [0.717, 1.165) is 33.8 Å². The van der Waals surface area contributed by atoms with E-state index < -0.39 is 17.7 Å². The van der Waals surface area contributed by atoms with E-state index in [1.165, 1.54) is 5.56 Å². The van der Waals surface area contributed by atoms with Crippen molar-refractivity contribution in [3.05, 3.63) is 107 Å². The quantitative estimate of drug-likeness (QED) is 0.229. The number of H-pyrrole nitrogens is 1. The number of carbonyl (C=O) groups is 2. The van der Waals surface area contributed by atoms with Gasteiger partial charge in [-0.15, -0.1) is 0 Å². The number of alkyl carbamates (subject to hydrolysis) is 1. The van der Waals surface area contributed by atoms with E-state index in [1.807, 2.05) is 99.3 Å². The Morgan fingerprint density at radius 2 is 1.56 bits per heavy atom. The monoisotopic (exact) mass is 608 g/mol. The number of hydrogen-bond donors (Lipinski definition) is 2. The van der Waals surface area contributed by atoms with E-state index in [9.17, 15) is 9.59 Å². The average Bonchev–Trinajstić information content (AvgIpc) is 3.36. The third-order valence-electron chi connectivity index (χ3n) is 7.57. The lowest BCUT2D eigenvalue weighted by atomic mass is 9.92. The molecule has 0 unspecified atom stereocenters. The Balaban J connectivity index is 1.49. The van der Waals surface area contributed by atoms with Crippen molar-refractivity contribution in [3.63, 3.8) is 0 Å². The van der Waals surface area contributed by atoms with Gasteiger partial charge in [0.05, 0.1) is 11.7 Å². The van der Waals surface area contributed by atoms with Gasteiger partial charge >= 0.3 is 6.09 Å². The molecule has 0 spiro atoms. The second-order valence-electron chi connectivity index (χ2n) is 13.7. The Hall–Kier alpha value is -4.59. The summed E-state index contributed by atoms with van der Waals surface area (Å²) in [6.07, 6.45) is 0.245. The van der Waals surface area contributed by atoms with Crippen molar-refractivity contribution in [1.82, 2.24) is 20.2 Å². The van der Waals surface area contributed by atoms with Crippen LogP contribution in [0, 0.1) is 6.92 Å². The van der Waals surface area contributed by atoms with Crippen LogP contribution in [-0.4, -0.2) is 44.1 Å². The number of imidazole rings is 1. The van der Waals surface area contributed by atoms with E-state index in [1.54, 1.807) is 20.8 Å². The zero-order chi connectivity index (χ0) is 32.4. The van der Waals surface area contributed by atoms with Gasteiger partial charge in [-0.05, 0) is 77.3 Å². The van der Waals surface area contributed by atoms with E-state index in [2.05, 4.69) is 22.4 Å². The number of amides is 2. The lowest BCUT2D eigenvalue weighted by Gasteiger charge is -2.38. The fourth-order valence-corrected chi connectivity index (χ4v) is 5.65. The summed E-state index contributed by atoms with van der Waals surface area (Å²) in [6.45, 7) is 13.8. The van der Waals surface area contributed by atoms with Gasteiger partial charge in [-0.2, -0.15) is 0 Å². The number of aryl methyl sites for hydroxylation is 1. The van der Waals surface area contributed by atoms with Crippen molar-refractivity contribution >= 4 is 12.0 Å². The van der Waals surface area contributed by atoms with Gasteiger partial charge in [-0.1, -0.05) is 66.7 Å². The molecule has 1 aliphatic heterocycles. The normalized spacial score (nSPS) is 15.6.